The Hall–Kier alpha value is -3.87. The van der Waals surface area contributed by atoms with Gasteiger partial charge in [-0.3, -0.25) is 9.88 Å². The van der Waals surface area contributed by atoms with Crippen LogP contribution in [0.5, 0.6) is 6.01 Å². The smallest absolute Gasteiger partial charge is 0.319 e. The number of fused-ring (bicyclic) bond motifs is 3. The van der Waals surface area contributed by atoms with E-state index in [2.05, 4.69) is 31.0 Å². The highest BCUT2D eigenvalue weighted by Gasteiger charge is 2.49. The first kappa shape index (κ1) is 26.7. The zero-order valence-electron chi connectivity index (χ0n) is 24.1. The first-order chi connectivity index (χ1) is 21.0. The molecule has 0 amide bonds. The average Bonchev–Trinajstić information content (AvgIpc) is 3.54. The molecule has 8 rings (SSSR count). The predicted octanol–water partition coefficient (Wildman–Crippen LogP) is 5.11. The first-order valence-electron chi connectivity index (χ1n) is 15.3. The number of benzene rings is 2. The van der Waals surface area contributed by atoms with E-state index in [0.717, 1.165) is 69.2 Å². The Labute approximate surface area is 249 Å². The molecule has 220 valence electrons. The van der Waals surface area contributed by atoms with E-state index in [4.69, 9.17) is 16.1 Å². The van der Waals surface area contributed by atoms with Gasteiger partial charge in [-0.25, -0.2) is 8.78 Å². The number of halogens is 2. The van der Waals surface area contributed by atoms with Crippen LogP contribution in [0.15, 0.2) is 42.6 Å². The summed E-state index contributed by atoms with van der Waals surface area (Å²) >= 11 is 0. The van der Waals surface area contributed by atoms with Crippen molar-refractivity contribution in [3.8, 4) is 29.6 Å². The number of rotatable bonds is 5. The van der Waals surface area contributed by atoms with Crippen LogP contribution in [0.3, 0.4) is 0 Å². The number of nitrogens with one attached hydrogen (secondary N) is 1. The number of piperidine rings is 1. The van der Waals surface area contributed by atoms with Crippen LogP contribution in [0.2, 0.25) is 0 Å². The maximum atomic E-state index is 16.7. The van der Waals surface area contributed by atoms with Gasteiger partial charge in [-0.2, -0.15) is 9.97 Å². The van der Waals surface area contributed by atoms with E-state index in [9.17, 15) is 4.39 Å². The molecule has 4 fully saturated rings. The summed E-state index contributed by atoms with van der Waals surface area (Å²) in [7, 11) is 0. The molecule has 4 aromatic rings. The van der Waals surface area contributed by atoms with Gasteiger partial charge in [0.05, 0.1) is 10.9 Å². The van der Waals surface area contributed by atoms with Crippen LogP contribution in [0.1, 0.15) is 37.7 Å². The summed E-state index contributed by atoms with van der Waals surface area (Å²) in [5, 5.41) is 5.66. The van der Waals surface area contributed by atoms with E-state index in [1.807, 2.05) is 36.4 Å². The number of aromatic nitrogens is 3. The molecule has 4 aliphatic heterocycles. The lowest BCUT2D eigenvalue weighted by Crippen LogP contribution is -2.58. The molecule has 2 aromatic heterocycles. The van der Waals surface area contributed by atoms with Crippen LogP contribution in [-0.2, 0) is 0 Å². The molecule has 9 heteroatoms. The van der Waals surface area contributed by atoms with Gasteiger partial charge < -0.3 is 15.0 Å². The molecule has 0 radical (unpaired) electrons. The summed E-state index contributed by atoms with van der Waals surface area (Å²) in [6, 6.07) is 11.5. The Bertz CT molecular complexity index is 1770. The van der Waals surface area contributed by atoms with Gasteiger partial charge in [0.1, 0.15) is 29.8 Å². The van der Waals surface area contributed by atoms with E-state index in [-0.39, 0.29) is 29.4 Å². The van der Waals surface area contributed by atoms with E-state index in [0.29, 0.717) is 40.7 Å². The van der Waals surface area contributed by atoms with Gasteiger partial charge in [-0.05, 0) is 49.1 Å². The fourth-order valence-corrected chi connectivity index (χ4v) is 7.85. The van der Waals surface area contributed by atoms with Crippen molar-refractivity contribution in [3.63, 3.8) is 0 Å². The van der Waals surface area contributed by atoms with E-state index >= 15 is 4.39 Å². The van der Waals surface area contributed by atoms with Crippen molar-refractivity contribution in [1.29, 1.82) is 0 Å². The van der Waals surface area contributed by atoms with Crippen molar-refractivity contribution in [3.05, 3.63) is 54.0 Å². The molecule has 0 unspecified atom stereocenters. The molecule has 2 aromatic carbocycles. The quantitative estimate of drug-likeness (QED) is 0.329. The summed E-state index contributed by atoms with van der Waals surface area (Å²) in [6.45, 7) is 5.29. The van der Waals surface area contributed by atoms with Crippen LogP contribution < -0.4 is 15.0 Å². The van der Waals surface area contributed by atoms with Crippen molar-refractivity contribution < 1.29 is 13.5 Å². The lowest BCUT2D eigenvalue weighted by atomic mass is 9.73. The molecule has 2 atom stereocenters. The first-order valence-corrected chi connectivity index (χ1v) is 15.3. The molecular weight excluding hydrogens is 546 g/mol. The lowest BCUT2D eigenvalue weighted by Gasteiger charge is -2.48. The molecule has 6 heterocycles. The molecule has 0 aliphatic carbocycles. The average molecular weight is 581 g/mol. The van der Waals surface area contributed by atoms with E-state index in [1.54, 1.807) is 6.20 Å². The summed E-state index contributed by atoms with van der Waals surface area (Å²) in [5.74, 6) is 2.84. The normalized spacial score (nSPS) is 24.8. The monoisotopic (exact) mass is 580 g/mol. The third kappa shape index (κ3) is 4.34. The molecule has 0 saturated carbocycles. The molecule has 0 bridgehead atoms. The number of ether oxygens (including phenoxy) is 1. The van der Waals surface area contributed by atoms with Crippen molar-refractivity contribution in [2.24, 2.45) is 5.41 Å². The molecule has 1 N–H and O–H groups in total. The van der Waals surface area contributed by atoms with Crippen LogP contribution in [-0.4, -0.2) is 77.4 Å². The fourth-order valence-electron chi connectivity index (χ4n) is 7.85. The highest BCUT2D eigenvalue weighted by atomic mass is 19.1. The second kappa shape index (κ2) is 10.1. The van der Waals surface area contributed by atoms with Crippen LogP contribution in [0.4, 0.5) is 14.6 Å². The Morgan fingerprint density at radius 1 is 1.07 bits per heavy atom. The summed E-state index contributed by atoms with van der Waals surface area (Å²) in [5.41, 5.74) is 1.63. The van der Waals surface area contributed by atoms with Crippen LogP contribution in [0.25, 0.3) is 32.9 Å². The van der Waals surface area contributed by atoms with Crippen molar-refractivity contribution in [1.82, 2.24) is 25.2 Å². The Balaban J connectivity index is 1.23. The number of hydrogen-bond acceptors (Lipinski definition) is 7. The number of terminal acetylenes is 1. The summed E-state index contributed by atoms with van der Waals surface area (Å²) in [6.07, 6.45) is 11.1. The lowest BCUT2D eigenvalue weighted by molar-refractivity contribution is 0.107. The summed E-state index contributed by atoms with van der Waals surface area (Å²) < 4.78 is 37.4. The number of nitrogens with zero attached hydrogens (tertiary/aromatic N) is 5. The standard InChI is InChI=1S/C34H34F2N6O/c1-2-22-6-3-7-23-8-4-9-25(27(22)23)29-28(36)30-26(17-38-29)31(41-14-11-33(12-15-41)19-37-20-33)40-32(39-30)43-21-34-10-5-13-42(34)18-24(35)16-34/h1,3-4,6-9,17,24,37H,5,10-16,18-21H2/t24-,34+/m1/s1. The Kier molecular flexibility index (Phi) is 6.28. The molecule has 43 heavy (non-hydrogen) atoms. The topological polar surface area (TPSA) is 66.4 Å². The number of pyridine rings is 1. The van der Waals surface area contributed by atoms with Gasteiger partial charge in [-0.1, -0.05) is 36.3 Å². The number of hydrogen-bond donors (Lipinski definition) is 1. The van der Waals surface area contributed by atoms with Gasteiger partial charge >= 0.3 is 6.01 Å². The SMILES string of the molecule is C#Cc1cccc2cccc(-c3ncc4c(N5CCC6(CC5)CNC6)nc(OC[C@@]56CCCN5C[C@H](F)C6)nc4c3F)c12. The minimum Gasteiger partial charge on any atom is -0.461 e. The summed E-state index contributed by atoms with van der Waals surface area (Å²) in [4.78, 5) is 18.6. The molecular formula is C34H34F2N6O. The Morgan fingerprint density at radius 2 is 1.88 bits per heavy atom. The van der Waals surface area contributed by atoms with Gasteiger partial charge in [0.15, 0.2) is 5.82 Å². The maximum absolute atomic E-state index is 16.7. The largest absolute Gasteiger partial charge is 0.461 e. The van der Waals surface area contributed by atoms with Crippen molar-refractivity contribution >= 4 is 27.5 Å². The van der Waals surface area contributed by atoms with Crippen LogP contribution in [0, 0.1) is 23.6 Å². The Morgan fingerprint density at radius 3 is 2.65 bits per heavy atom. The van der Waals surface area contributed by atoms with Crippen molar-refractivity contribution in [2.45, 2.75) is 43.8 Å². The van der Waals surface area contributed by atoms with Crippen LogP contribution >= 0.6 is 0 Å². The highest BCUT2D eigenvalue weighted by molar-refractivity contribution is 6.02. The van der Waals surface area contributed by atoms with Gasteiger partial charge in [0.2, 0.25) is 0 Å². The third-order valence-corrected chi connectivity index (χ3v) is 10.3. The second-order valence-corrected chi connectivity index (χ2v) is 12.8. The number of anilines is 1. The molecule has 4 aliphatic rings. The van der Waals surface area contributed by atoms with Gasteiger partial charge in [0.25, 0.3) is 0 Å². The zero-order chi connectivity index (χ0) is 29.2. The van der Waals surface area contributed by atoms with Gasteiger partial charge in [0, 0.05) is 61.9 Å². The van der Waals surface area contributed by atoms with E-state index in [1.165, 1.54) is 0 Å². The minimum atomic E-state index is -0.863. The predicted molar refractivity (Wildman–Crippen MR) is 163 cm³/mol. The fraction of sp³-hybridized carbons (Fsp3) is 0.441. The number of alkyl halides is 1. The second-order valence-electron chi connectivity index (χ2n) is 12.8. The minimum absolute atomic E-state index is 0.120. The third-order valence-electron chi connectivity index (χ3n) is 10.3. The molecule has 7 nitrogen and oxygen atoms in total. The molecule has 4 saturated heterocycles. The van der Waals surface area contributed by atoms with E-state index < -0.39 is 12.0 Å². The highest BCUT2D eigenvalue weighted by Crippen LogP contribution is 2.42. The molecule has 1 spiro atoms. The van der Waals surface area contributed by atoms with Gasteiger partial charge in [-0.15, -0.1) is 6.42 Å². The van der Waals surface area contributed by atoms with Crippen molar-refractivity contribution in [2.75, 3.05) is 50.8 Å². The zero-order valence-corrected chi connectivity index (χ0v) is 24.1. The maximum Gasteiger partial charge on any atom is 0.319 e.